The maximum atomic E-state index is 2.38. The molecule has 0 atom stereocenters. The van der Waals surface area contributed by atoms with E-state index < -0.39 is 5.41 Å². The molecule has 0 amide bonds. The molecular weight excluding hydrogens is 651 g/mol. The van der Waals surface area contributed by atoms with Crippen molar-refractivity contribution in [3.05, 3.63) is 247 Å². The second kappa shape index (κ2) is 13.2. The third kappa shape index (κ3) is 5.17. The summed E-state index contributed by atoms with van der Waals surface area (Å²) in [6, 6.07) is 82.2. The molecule has 54 heavy (non-hydrogen) atoms. The van der Waals surface area contributed by atoms with E-state index in [1.807, 2.05) is 0 Å². The minimum atomic E-state index is -0.572. The summed E-state index contributed by atoms with van der Waals surface area (Å²) >= 11 is 0. The summed E-state index contributed by atoms with van der Waals surface area (Å²) in [7, 11) is 0. The van der Waals surface area contributed by atoms with Crippen molar-refractivity contribution in [3.63, 3.8) is 0 Å². The third-order valence-electron chi connectivity index (χ3n) is 11.2. The molecule has 0 N–H and O–H groups in total. The van der Waals surface area contributed by atoms with Gasteiger partial charge in [-0.1, -0.05) is 188 Å². The van der Waals surface area contributed by atoms with Crippen molar-refractivity contribution in [1.29, 1.82) is 0 Å². The molecular formula is C53H37N. The minimum absolute atomic E-state index is 0.572. The van der Waals surface area contributed by atoms with E-state index in [4.69, 9.17) is 0 Å². The predicted molar refractivity (Wildman–Crippen MR) is 227 cm³/mol. The van der Waals surface area contributed by atoms with Gasteiger partial charge in [0.2, 0.25) is 0 Å². The number of nitrogens with zero attached hydrogens (tertiary/aromatic N) is 1. The van der Waals surface area contributed by atoms with Gasteiger partial charge in [0.1, 0.15) is 0 Å². The van der Waals surface area contributed by atoms with Crippen molar-refractivity contribution in [2.24, 2.45) is 0 Å². The zero-order valence-corrected chi connectivity index (χ0v) is 29.8. The van der Waals surface area contributed by atoms with Gasteiger partial charge in [0.15, 0.2) is 0 Å². The summed E-state index contributed by atoms with van der Waals surface area (Å²) in [5.41, 5.74) is 15.2. The standard InChI is InChI=1S/C53H37N/c1-3-15-38(16-4-1)40-27-32-44(33-28-40)54(46-34-29-39-17-7-8-18-41(39)37-46)45-35-30-43(31-36-45)53(42-19-5-2-6-20-42)51-25-13-11-23-49(51)47-21-9-10-22-48(47)50-24-12-14-26-52(50)53/h1-37H. The van der Waals surface area contributed by atoms with Crippen LogP contribution in [0.5, 0.6) is 0 Å². The fourth-order valence-electron chi connectivity index (χ4n) is 8.72. The van der Waals surface area contributed by atoms with Crippen molar-refractivity contribution in [2.75, 3.05) is 4.90 Å². The van der Waals surface area contributed by atoms with Gasteiger partial charge in [0, 0.05) is 17.1 Å². The third-order valence-corrected chi connectivity index (χ3v) is 11.2. The highest BCUT2D eigenvalue weighted by molar-refractivity contribution is 5.93. The summed E-state index contributed by atoms with van der Waals surface area (Å²) in [5.74, 6) is 0. The fourth-order valence-corrected chi connectivity index (χ4v) is 8.72. The molecule has 1 nitrogen and oxygen atoms in total. The molecule has 1 aliphatic carbocycles. The first kappa shape index (κ1) is 31.7. The van der Waals surface area contributed by atoms with Gasteiger partial charge in [0.25, 0.3) is 0 Å². The molecule has 0 saturated heterocycles. The van der Waals surface area contributed by atoms with Crippen LogP contribution in [0, 0.1) is 0 Å². The molecule has 1 heteroatoms. The van der Waals surface area contributed by atoms with Crippen LogP contribution in [0.1, 0.15) is 22.3 Å². The molecule has 9 aromatic carbocycles. The van der Waals surface area contributed by atoms with E-state index in [1.54, 1.807) is 0 Å². The lowest BCUT2D eigenvalue weighted by atomic mass is 9.63. The normalized spacial score (nSPS) is 12.6. The lowest BCUT2D eigenvalue weighted by Gasteiger charge is -2.38. The Morgan fingerprint density at radius 3 is 1.31 bits per heavy atom. The highest BCUT2D eigenvalue weighted by Crippen LogP contribution is 2.55. The Morgan fingerprint density at radius 1 is 0.278 bits per heavy atom. The molecule has 0 bridgehead atoms. The first-order valence-corrected chi connectivity index (χ1v) is 18.7. The van der Waals surface area contributed by atoms with Gasteiger partial charge < -0.3 is 4.90 Å². The van der Waals surface area contributed by atoms with Crippen molar-refractivity contribution >= 4 is 27.8 Å². The average molecular weight is 688 g/mol. The van der Waals surface area contributed by atoms with Crippen LogP contribution in [0.2, 0.25) is 0 Å². The van der Waals surface area contributed by atoms with Gasteiger partial charge in [-0.05, 0) is 103 Å². The zero-order chi connectivity index (χ0) is 35.9. The van der Waals surface area contributed by atoms with E-state index in [-0.39, 0.29) is 0 Å². The molecule has 9 aromatic rings. The van der Waals surface area contributed by atoms with Crippen LogP contribution < -0.4 is 4.90 Å². The van der Waals surface area contributed by atoms with E-state index in [1.165, 1.54) is 66.4 Å². The van der Waals surface area contributed by atoms with Gasteiger partial charge in [-0.15, -0.1) is 0 Å². The number of rotatable bonds is 6. The molecule has 10 rings (SSSR count). The van der Waals surface area contributed by atoms with Crippen LogP contribution >= 0.6 is 0 Å². The zero-order valence-electron chi connectivity index (χ0n) is 29.8. The Morgan fingerprint density at radius 2 is 0.704 bits per heavy atom. The second-order valence-corrected chi connectivity index (χ2v) is 14.1. The maximum absolute atomic E-state index is 2.38. The monoisotopic (exact) mass is 687 g/mol. The summed E-state index contributed by atoms with van der Waals surface area (Å²) in [6.45, 7) is 0. The average Bonchev–Trinajstić information content (AvgIpc) is 3.36. The molecule has 0 radical (unpaired) electrons. The quantitative estimate of drug-likeness (QED) is 0.168. The second-order valence-electron chi connectivity index (χ2n) is 14.1. The molecule has 0 heterocycles. The SMILES string of the molecule is c1ccc(-c2ccc(N(c3ccc(C4(c5ccccc5)c5ccccc5-c5ccccc5-c5ccccc54)cc3)c3ccc4ccccc4c3)cc2)cc1. The van der Waals surface area contributed by atoms with Crippen LogP contribution in [0.4, 0.5) is 17.1 Å². The lowest BCUT2D eigenvalue weighted by molar-refractivity contribution is 0.751. The first-order chi connectivity index (χ1) is 26.8. The highest BCUT2D eigenvalue weighted by Gasteiger charge is 2.43. The Balaban J connectivity index is 1.19. The van der Waals surface area contributed by atoms with E-state index in [9.17, 15) is 0 Å². The summed E-state index contributed by atoms with van der Waals surface area (Å²) < 4.78 is 0. The molecule has 0 aliphatic heterocycles. The van der Waals surface area contributed by atoms with E-state index in [2.05, 4.69) is 229 Å². The summed E-state index contributed by atoms with van der Waals surface area (Å²) in [4.78, 5) is 2.38. The van der Waals surface area contributed by atoms with E-state index in [0.29, 0.717) is 0 Å². The Labute approximate surface area is 317 Å². The number of hydrogen-bond acceptors (Lipinski definition) is 1. The Kier molecular flexibility index (Phi) is 7.78. The maximum Gasteiger partial charge on any atom is 0.0713 e. The molecule has 0 unspecified atom stereocenters. The van der Waals surface area contributed by atoms with Gasteiger partial charge in [-0.25, -0.2) is 0 Å². The fraction of sp³-hybridized carbons (Fsp3) is 0.0189. The number of hydrogen-bond donors (Lipinski definition) is 0. The molecule has 0 fully saturated rings. The summed E-state index contributed by atoms with van der Waals surface area (Å²) in [6.07, 6.45) is 0. The van der Waals surface area contributed by atoms with Gasteiger partial charge in [-0.3, -0.25) is 0 Å². The van der Waals surface area contributed by atoms with E-state index in [0.717, 1.165) is 17.1 Å². The van der Waals surface area contributed by atoms with Crippen molar-refractivity contribution in [3.8, 4) is 33.4 Å². The number of fused-ring (bicyclic) bond motifs is 6. The first-order valence-electron chi connectivity index (χ1n) is 18.7. The predicted octanol–water partition coefficient (Wildman–Crippen LogP) is 14.0. The number of anilines is 3. The summed E-state index contributed by atoms with van der Waals surface area (Å²) in [5, 5.41) is 2.44. The van der Waals surface area contributed by atoms with Gasteiger partial charge >= 0.3 is 0 Å². The molecule has 0 saturated carbocycles. The van der Waals surface area contributed by atoms with Crippen LogP contribution in [0.3, 0.4) is 0 Å². The van der Waals surface area contributed by atoms with Gasteiger partial charge in [-0.2, -0.15) is 0 Å². The van der Waals surface area contributed by atoms with Crippen LogP contribution in [-0.4, -0.2) is 0 Å². The molecule has 1 aliphatic rings. The van der Waals surface area contributed by atoms with Crippen molar-refractivity contribution in [2.45, 2.75) is 5.41 Å². The lowest BCUT2D eigenvalue weighted by Crippen LogP contribution is -2.31. The van der Waals surface area contributed by atoms with E-state index >= 15 is 0 Å². The topological polar surface area (TPSA) is 3.24 Å². The minimum Gasteiger partial charge on any atom is -0.310 e. The van der Waals surface area contributed by atoms with Crippen molar-refractivity contribution < 1.29 is 0 Å². The Bertz CT molecular complexity index is 2680. The molecule has 0 aromatic heterocycles. The largest absolute Gasteiger partial charge is 0.310 e. The van der Waals surface area contributed by atoms with Crippen LogP contribution in [0.25, 0.3) is 44.2 Å². The van der Waals surface area contributed by atoms with Gasteiger partial charge in [0.05, 0.1) is 5.41 Å². The van der Waals surface area contributed by atoms with Crippen molar-refractivity contribution in [1.82, 2.24) is 0 Å². The van der Waals surface area contributed by atoms with Crippen LogP contribution in [-0.2, 0) is 5.41 Å². The number of benzene rings is 9. The molecule has 254 valence electrons. The smallest absolute Gasteiger partial charge is 0.0713 e. The Hall–Kier alpha value is -6.96. The molecule has 0 spiro atoms. The van der Waals surface area contributed by atoms with Crippen LogP contribution in [0.15, 0.2) is 224 Å². The highest BCUT2D eigenvalue weighted by atomic mass is 15.1.